The van der Waals surface area contributed by atoms with E-state index in [-0.39, 0.29) is 22.9 Å². The average molecular weight is 551 g/mol. The van der Waals surface area contributed by atoms with E-state index in [0.29, 0.717) is 28.0 Å². The number of aromatic carboxylic acids is 1. The van der Waals surface area contributed by atoms with Gasteiger partial charge in [-0.3, -0.25) is 4.79 Å². The van der Waals surface area contributed by atoms with Crippen LogP contribution in [-0.2, 0) is 4.79 Å². The van der Waals surface area contributed by atoms with Crippen molar-refractivity contribution in [3.63, 3.8) is 0 Å². The maximum absolute atomic E-state index is 12.4. The Labute approximate surface area is 228 Å². The molecular formula is C27H23ClN4O5S. The second-order valence-corrected chi connectivity index (χ2v) is 9.36. The summed E-state index contributed by atoms with van der Waals surface area (Å²) in [7, 11) is 3.21. The van der Waals surface area contributed by atoms with Gasteiger partial charge in [0.05, 0.1) is 24.8 Å². The summed E-state index contributed by atoms with van der Waals surface area (Å²) in [4.78, 5) is 28.4. The zero-order chi connectivity index (χ0) is 27.1. The van der Waals surface area contributed by atoms with Crippen molar-refractivity contribution in [2.24, 2.45) is 0 Å². The fraction of sp³-hybridized carbons (Fsp3) is 0.148. The van der Waals surface area contributed by atoms with Gasteiger partial charge in [0, 0.05) is 29.0 Å². The molecule has 0 spiro atoms. The average Bonchev–Trinajstić information content (AvgIpc) is 2.94. The number of carboxylic acids is 1. The molecule has 194 valence electrons. The second kappa shape index (κ2) is 12.4. The van der Waals surface area contributed by atoms with Crippen LogP contribution in [0.5, 0.6) is 11.5 Å². The zero-order valence-electron chi connectivity index (χ0n) is 20.5. The van der Waals surface area contributed by atoms with Gasteiger partial charge in [-0.15, -0.1) is 10.2 Å². The maximum atomic E-state index is 12.4. The third-order valence-corrected chi connectivity index (χ3v) is 6.60. The highest BCUT2D eigenvalue weighted by Gasteiger charge is 2.16. The molecule has 9 nitrogen and oxygen atoms in total. The molecular weight excluding hydrogens is 528 g/mol. The van der Waals surface area contributed by atoms with Gasteiger partial charge in [-0.2, -0.15) is 0 Å². The van der Waals surface area contributed by atoms with E-state index in [1.807, 2.05) is 48.5 Å². The lowest BCUT2D eigenvalue weighted by atomic mass is 10.0. The molecule has 1 aromatic heterocycles. The van der Waals surface area contributed by atoms with Crippen molar-refractivity contribution in [1.29, 1.82) is 0 Å². The largest absolute Gasteiger partial charge is 0.497 e. The van der Waals surface area contributed by atoms with Crippen LogP contribution in [0.15, 0.2) is 71.9 Å². The molecule has 0 aliphatic carbocycles. The Kier molecular flexibility index (Phi) is 8.77. The molecule has 0 atom stereocenters. The Morgan fingerprint density at radius 3 is 2.08 bits per heavy atom. The molecule has 0 fully saturated rings. The molecule has 1 heterocycles. The van der Waals surface area contributed by atoms with E-state index in [2.05, 4.69) is 15.5 Å². The summed E-state index contributed by atoms with van der Waals surface area (Å²) in [5.41, 5.74) is 3.19. The number of halogens is 1. The number of hydrogen-bond acceptors (Lipinski definition) is 8. The van der Waals surface area contributed by atoms with E-state index in [0.717, 1.165) is 22.6 Å². The molecule has 0 aliphatic heterocycles. The second-order valence-electron chi connectivity index (χ2n) is 7.90. The zero-order valence-corrected chi connectivity index (χ0v) is 22.0. The summed E-state index contributed by atoms with van der Waals surface area (Å²) in [6.45, 7) is 0. The number of nitrogens with one attached hydrogen (secondary N) is 1. The summed E-state index contributed by atoms with van der Waals surface area (Å²) in [6.07, 6.45) is 0.150. The van der Waals surface area contributed by atoms with Crippen LogP contribution in [0.25, 0.3) is 22.5 Å². The third-order valence-electron chi connectivity index (χ3n) is 5.44. The minimum atomic E-state index is -1.17. The SMILES string of the molecule is COc1ccc(-c2nnc(SCCC(=O)Nc3ccc(Cl)c(C(=O)O)c3)nc2-c2ccc(OC)cc2)cc1. The number of carboxylic acid groups (broad SMARTS) is 1. The minimum absolute atomic E-state index is 0.0821. The molecule has 0 aliphatic rings. The highest BCUT2D eigenvalue weighted by Crippen LogP contribution is 2.32. The van der Waals surface area contributed by atoms with Gasteiger partial charge in [0.15, 0.2) is 0 Å². The number of benzene rings is 3. The summed E-state index contributed by atoms with van der Waals surface area (Å²) < 4.78 is 10.5. The fourth-order valence-corrected chi connectivity index (χ4v) is 4.41. The van der Waals surface area contributed by atoms with Crippen molar-refractivity contribution >= 4 is 40.9 Å². The predicted octanol–water partition coefficient (Wildman–Crippen LogP) is 5.70. The quantitative estimate of drug-likeness (QED) is 0.239. The Bertz CT molecular complexity index is 1450. The predicted molar refractivity (Wildman–Crippen MR) is 146 cm³/mol. The number of aromatic nitrogens is 3. The van der Waals surface area contributed by atoms with Crippen LogP contribution in [0.4, 0.5) is 5.69 Å². The number of ether oxygens (including phenoxy) is 2. The van der Waals surface area contributed by atoms with Gasteiger partial charge in [-0.1, -0.05) is 23.4 Å². The Balaban J connectivity index is 1.49. The number of amides is 1. The van der Waals surface area contributed by atoms with Crippen LogP contribution in [0.1, 0.15) is 16.8 Å². The van der Waals surface area contributed by atoms with Gasteiger partial charge < -0.3 is 19.9 Å². The van der Waals surface area contributed by atoms with Gasteiger partial charge in [0.1, 0.15) is 22.9 Å². The van der Waals surface area contributed by atoms with E-state index in [4.69, 9.17) is 26.1 Å². The number of thioether (sulfide) groups is 1. The number of rotatable bonds is 10. The molecule has 0 radical (unpaired) electrons. The monoisotopic (exact) mass is 550 g/mol. The first kappa shape index (κ1) is 26.9. The topological polar surface area (TPSA) is 124 Å². The van der Waals surface area contributed by atoms with Crippen molar-refractivity contribution in [3.05, 3.63) is 77.3 Å². The first-order valence-corrected chi connectivity index (χ1v) is 12.7. The van der Waals surface area contributed by atoms with E-state index in [1.54, 1.807) is 20.3 Å². The van der Waals surface area contributed by atoms with Crippen LogP contribution in [0.3, 0.4) is 0 Å². The van der Waals surface area contributed by atoms with Crippen molar-refractivity contribution in [3.8, 4) is 34.0 Å². The van der Waals surface area contributed by atoms with Gasteiger partial charge >= 0.3 is 5.97 Å². The van der Waals surface area contributed by atoms with Gasteiger partial charge in [0.25, 0.3) is 0 Å². The molecule has 3 aromatic carbocycles. The third kappa shape index (κ3) is 6.58. The molecule has 0 bridgehead atoms. The molecule has 38 heavy (non-hydrogen) atoms. The number of hydrogen-bond donors (Lipinski definition) is 2. The standard InChI is InChI=1S/C27H23ClN4O5S/c1-36-19-8-3-16(4-9-19)24-25(17-5-10-20(37-2)11-6-17)31-32-27(30-24)38-14-13-23(33)29-18-7-12-22(28)21(15-18)26(34)35/h3-12,15H,13-14H2,1-2H3,(H,29,33)(H,34,35). The van der Waals surface area contributed by atoms with Crippen molar-refractivity contribution in [2.75, 3.05) is 25.3 Å². The lowest BCUT2D eigenvalue weighted by Gasteiger charge is -2.11. The van der Waals surface area contributed by atoms with Gasteiger partial charge in [-0.25, -0.2) is 9.78 Å². The van der Waals surface area contributed by atoms with E-state index in [1.165, 1.54) is 23.9 Å². The van der Waals surface area contributed by atoms with E-state index >= 15 is 0 Å². The highest BCUT2D eigenvalue weighted by atomic mass is 35.5. The Morgan fingerprint density at radius 1 is 0.895 bits per heavy atom. The van der Waals surface area contributed by atoms with Crippen LogP contribution >= 0.6 is 23.4 Å². The first-order chi connectivity index (χ1) is 18.4. The number of nitrogens with zero attached hydrogens (tertiary/aromatic N) is 3. The smallest absolute Gasteiger partial charge is 0.337 e. The summed E-state index contributed by atoms with van der Waals surface area (Å²) in [6, 6.07) is 19.3. The molecule has 4 aromatic rings. The molecule has 0 saturated carbocycles. The number of anilines is 1. The summed E-state index contributed by atoms with van der Waals surface area (Å²) >= 11 is 7.18. The minimum Gasteiger partial charge on any atom is -0.497 e. The summed E-state index contributed by atoms with van der Waals surface area (Å²) in [5, 5.41) is 21.1. The van der Waals surface area contributed by atoms with E-state index < -0.39 is 5.97 Å². The van der Waals surface area contributed by atoms with Crippen LogP contribution in [-0.4, -0.2) is 52.1 Å². The van der Waals surface area contributed by atoms with Crippen LogP contribution in [0.2, 0.25) is 5.02 Å². The molecule has 4 rings (SSSR count). The Morgan fingerprint density at radius 2 is 1.50 bits per heavy atom. The van der Waals surface area contributed by atoms with Crippen LogP contribution in [0, 0.1) is 0 Å². The number of carbonyl (C=O) groups is 2. The molecule has 0 unspecified atom stereocenters. The van der Waals surface area contributed by atoms with Crippen molar-refractivity contribution in [1.82, 2.24) is 15.2 Å². The van der Waals surface area contributed by atoms with Crippen LogP contribution < -0.4 is 14.8 Å². The lowest BCUT2D eigenvalue weighted by molar-refractivity contribution is -0.115. The molecule has 11 heteroatoms. The number of methoxy groups -OCH3 is 2. The van der Waals surface area contributed by atoms with E-state index in [9.17, 15) is 14.7 Å². The Hall–Kier alpha value is -4.15. The summed E-state index contributed by atoms with van der Waals surface area (Å²) in [5.74, 6) is 0.380. The van der Waals surface area contributed by atoms with Crippen molar-refractivity contribution in [2.45, 2.75) is 11.6 Å². The molecule has 1 amide bonds. The maximum Gasteiger partial charge on any atom is 0.337 e. The number of carbonyl (C=O) groups excluding carboxylic acids is 1. The molecule has 0 saturated heterocycles. The first-order valence-electron chi connectivity index (χ1n) is 11.4. The normalized spacial score (nSPS) is 10.6. The molecule has 2 N–H and O–H groups in total. The van der Waals surface area contributed by atoms with Gasteiger partial charge in [-0.05, 0) is 66.7 Å². The highest BCUT2D eigenvalue weighted by molar-refractivity contribution is 7.99. The lowest BCUT2D eigenvalue weighted by Crippen LogP contribution is -2.13. The van der Waals surface area contributed by atoms with Gasteiger partial charge in [0.2, 0.25) is 11.1 Å². The fourth-order valence-electron chi connectivity index (χ4n) is 3.49. The van der Waals surface area contributed by atoms with Crippen molar-refractivity contribution < 1.29 is 24.2 Å².